The van der Waals surface area contributed by atoms with E-state index in [4.69, 9.17) is 5.53 Å². The van der Waals surface area contributed by atoms with Crippen molar-refractivity contribution < 1.29 is 0 Å². The summed E-state index contributed by atoms with van der Waals surface area (Å²) >= 11 is 1.95. The first-order valence-corrected chi connectivity index (χ1v) is 9.19. The Morgan fingerprint density at radius 3 is 2.26 bits per heavy atom. The van der Waals surface area contributed by atoms with E-state index in [1.54, 1.807) is 0 Å². The van der Waals surface area contributed by atoms with Crippen LogP contribution in [0.25, 0.3) is 10.4 Å². The van der Waals surface area contributed by atoms with E-state index in [0.29, 0.717) is 5.69 Å². The maximum atomic E-state index is 8.37. The van der Waals surface area contributed by atoms with Crippen molar-refractivity contribution in [2.75, 3.05) is 5.75 Å². The molecule has 0 aliphatic rings. The van der Waals surface area contributed by atoms with Crippen molar-refractivity contribution >= 4 is 17.4 Å². The van der Waals surface area contributed by atoms with E-state index in [1.165, 1.54) is 48.3 Å². The highest BCUT2D eigenvalue weighted by molar-refractivity contribution is 7.99. The van der Waals surface area contributed by atoms with Gasteiger partial charge < -0.3 is 0 Å². The zero-order chi connectivity index (χ0) is 16.2. The lowest BCUT2D eigenvalue weighted by molar-refractivity contribution is 0.634. The SMILES string of the molecule is [N-]=[N+]=Nc1ccc(CCCCCCCSc2ccccc2)cc1. The summed E-state index contributed by atoms with van der Waals surface area (Å²) in [4.78, 5) is 4.16. The highest BCUT2D eigenvalue weighted by Crippen LogP contribution is 2.19. The van der Waals surface area contributed by atoms with Crippen LogP contribution in [0.15, 0.2) is 64.6 Å². The number of benzene rings is 2. The molecule has 0 spiro atoms. The second-order valence-corrected chi connectivity index (χ2v) is 6.70. The van der Waals surface area contributed by atoms with Gasteiger partial charge in [-0.25, -0.2) is 0 Å². The molecule has 0 saturated carbocycles. The first-order valence-electron chi connectivity index (χ1n) is 8.20. The van der Waals surface area contributed by atoms with Crippen molar-refractivity contribution in [3.63, 3.8) is 0 Å². The Labute approximate surface area is 142 Å². The molecule has 0 aliphatic carbocycles. The van der Waals surface area contributed by atoms with Gasteiger partial charge in [0.2, 0.25) is 0 Å². The van der Waals surface area contributed by atoms with Crippen LogP contribution in [0.2, 0.25) is 0 Å². The molecule has 2 rings (SSSR count). The molecule has 0 radical (unpaired) electrons. The topological polar surface area (TPSA) is 48.8 Å². The number of hydrogen-bond acceptors (Lipinski definition) is 2. The number of unbranched alkanes of at least 4 members (excludes halogenated alkanes) is 4. The smallest absolute Gasteiger partial charge is 0.0375 e. The molecular formula is C19H23N3S. The molecule has 4 heteroatoms. The van der Waals surface area contributed by atoms with Crippen LogP contribution in [-0.4, -0.2) is 5.75 Å². The Bertz CT molecular complexity index is 604. The maximum absolute atomic E-state index is 8.37. The van der Waals surface area contributed by atoms with Gasteiger partial charge >= 0.3 is 0 Å². The molecule has 0 N–H and O–H groups in total. The van der Waals surface area contributed by atoms with Crippen LogP contribution in [-0.2, 0) is 6.42 Å². The minimum absolute atomic E-state index is 0.687. The fraction of sp³-hybridized carbons (Fsp3) is 0.368. The summed E-state index contributed by atoms with van der Waals surface area (Å²) < 4.78 is 0. The molecule has 0 aromatic heterocycles. The van der Waals surface area contributed by atoms with Crippen molar-refractivity contribution in [2.24, 2.45) is 5.11 Å². The van der Waals surface area contributed by atoms with Crippen LogP contribution in [0.1, 0.15) is 37.7 Å². The summed E-state index contributed by atoms with van der Waals surface area (Å²) in [6.07, 6.45) is 7.54. The summed E-state index contributed by atoms with van der Waals surface area (Å²) in [5.41, 5.74) is 10.4. The zero-order valence-corrected chi connectivity index (χ0v) is 14.2. The lowest BCUT2D eigenvalue weighted by atomic mass is 10.1. The Kier molecular flexibility index (Phi) is 8.17. The largest absolute Gasteiger partial charge is 0.126 e. The number of hydrogen-bond donors (Lipinski definition) is 0. The second-order valence-electron chi connectivity index (χ2n) is 5.54. The fourth-order valence-corrected chi connectivity index (χ4v) is 3.38. The van der Waals surface area contributed by atoms with Crippen LogP contribution in [0.4, 0.5) is 5.69 Å². The third-order valence-electron chi connectivity index (χ3n) is 3.72. The molecule has 0 bridgehead atoms. The lowest BCUT2D eigenvalue weighted by Crippen LogP contribution is -1.87. The van der Waals surface area contributed by atoms with Gasteiger partial charge in [-0.05, 0) is 48.2 Å². The number of azide groups is 1. The van der Waals surface area contributed by atoms with E-state index < -0.39 is 0 Å². The Morgan fingerprint density at radius 2 is 1.52 bits per heavy atom. The summed E-state index contributed by atoms with van der Waals surface area (Å²) in [5.74, 6) is 1.21. The summed E-state index contributed by atoms with van der Waals surface area (Å²) in [6, 6.07) is 18.5. The summed E-state index contributed by atoms with van der Waals surface area (Å²) in [7, 11) is 0. The highest BCUT2D eigenvalue weighted by Gasteiger charge is 1.96. The normalized spacial score (nSPS) is 10.3. The molecular weight excluding hydrogens is 302 g/mol. The van der Waals surface area contributed by atoms with E-state index in [1.807, 2.05) is 23.9 Å². The molecule has 120 valence electrons. The quantitative estimate of drug-likeness (QED) is 0.154. The van der Waals surface area contributed by atoms with E-state index in [0.717, 1.165) is 6.42 Å². The van der Waals surface area contributed by atoms with Crippen molar-refractivity contribution in [3.8, 4) is 0 Å². The lowest BCUT2D eigenvalue weighted by Gasteiger charge is -2.03. The molecule has 0 aliphatic heterocycles. The van der Waals surface area contributed by atoms with Crippen LogP contribution in [0.5, 0.6) is 0 Å². The van der Waals surface area contributed by atoms with Gasteiger partial charge in [-0.3, -0.25) is 0 Å². The fourth-order valence-electron chi connectivity index (χ4n) is 2.45. The molecule has 2 aromatic rings. The highest BCUT2D eigenvalue weighted by atomic mass is 32.2. The average Bonchev–Trinajstić information content (AvgIpc) is 2.60. The Morgan fingerprint density at radius 1 is 0.826 bits per heavy atom. The number of aryl methyl sites for hydroxylation is 1. The minimum Gasteiger partial charge on any atom is -0.126 e. The third-order valence-corrected chi connectivity index (χ3v) is 4.82. The predicted octanol–water partition coefficient (Wildman–Crippen LogP) is 6.91. The minimum atomic E-state index is 0.687. The molecule has 3 nitrogen and oxygen atoms in total. The molecule has 23 heavy (non-hydrogen) atoms. The van der Waals surface area contributed by atoms with Gasteiger partial charge in [0.25, 0.3) is 0 Å². The van der Waals surface area contributed by atoms with Gasteiger partial charge in [-0.1, -0.05) is 66.8 Å². The van der Waals surface area contributed by atoms with E-state index in [2.05, 4.69) is 52.5 Å². The monoisotopic (exact) mass is 325 g/mol. The Hall–Kier alpha value is -1.90. The van der Waals surface area contributed by atoms with Crippen LogP contribution in [0, 0.1) is 0 Å². The molecule has 0 saturated heterocycles. The Balaban J connectivity index is 1.50. The number of thioether (sulfide) groups is 1. The molecule has 2 aromatic carbocycles. The van der Waals surface area contributed by atoms with Crippen molar-refractivity contribution in [3.05, 3.63) is 70.6 Å². The summed E-state index contributed by atoms with van der Waals surface area (Å²) in [5, 5.41) is 3.59. The standard InChI is InChI=1S/C19H23N3S/c20-22-21-18-14-12-17(13-15-18)9-5-2-1-3-8-16-23-19-10-6-4-7-11-19/h4,6-7,10-15H,1-3,5,8-9,16H2. The molecule has 0 heterocycles. The van der Waals surface area contributed by atoms with Gasteiger partial charge in [0.1, 0.15) is 0 Å². The number of rotatable bonds is 10. The van der Waals surface area contributed by atoms with Crippen molar-refractivity contribution in [2.45, 2.75) is 43.4 Å². The van der Waals surface area contributed by atoms with Crippen LogP contribution in [0.3, 0.4) is 0 Å². The number of nitrogens with zero attached hydrogens (tertiary/aromatic N) is 3. The van der Waals surface area contributed by atoms with Crippen LogP contribution >= 0.6 is 11.8 Å². The zero-order valence-electron chi connectivity index (χ0n) is 13.4. The van der Waals surface area contributed by atoms with Gasteiger partial charge in [0, 0.05) is 15.5 Å². The summed E-state index contributed by atoms with van der Waals surface area (Å²) in [6.45, 7) is 0. The second kappa shape index (κ2) is 10.8. The van der Waals surface area contributed by atoms with E-state index in [-0.39, 0.29) is 0 Å². The van der Waals surface area contributed by atoms with Gasteiger partial charge in [-0.2, -0.15) is 0 Å². The molecule has 0 amide bonds. The molecule has 0 fully saturated rings. The van der Waals surface area contributed by atoms with E-state index in [9.17, 15) is 0 Å². The predicted molar refractivity (Wildman–Crippen MR) is 99.2 cm³/mol. The van der Waals surface area contributed by atoms with Gasteiger partial charge in [0.05, 0.1) is 0 Å². The first kappa shape index (κ1) is 17.5. The van der Waals surface area contributed by atoms with Gasteiger partial charge in [-0.15, -0.1) is 11.8 Å². The average molecular weight is 325 g/mol. The molecule has 0 atom stereocenters. The van der Waals surface area contributed by atoms with Gasteiger partial charge in [0.15, 0.2) is 0 Å². The molecule has 0 unspecified atom stereocenters. The van der Waals surface area contributed by atoms with Crippen LogP contribution < -0.4 is 0 Å². The third kappa shape index (κ3) is 7.27. The first-order chi connectivity index (χ1) is 11.4. The maximum Gasteiger partial charge on any atom is 0.0375 e. The van der Waals surface area contributed by atoms with Crippen molar-refractivity contribution in [1.29, 1.82) is 0 Å². The van der Waals surface area contributed by atoms with E-state index >= 15 is 0 Å². The van der Waals surface area contributed by atoms with Crippen molar-refractivity contribution in [1.82, 2.24) is 0 Å².